The summed E-state index contributed by atoms with van der Waals surface area (Å²) < 4.78 is 11.1. The Morgan fingerprint density at radius 1 is 1.09 bits per heavy atom. The van der Waals surface area contributed by atoms with Gasteiger partial charge in [0.2, 0.25) is 11.8 Å². The van der Waals surface area contributed by atoms with E-state index in [1.165, 1.54) is 6.92 Å². The lowest BCUT2D eigenvalue weighted by molar-refractivity contribution is -0.129. The summed E-state index contributed by atoms with van der Waals surface area (Å²) in [5.41, 5.74) is 3.10. The molecule has 0 saturated carbocycles. The Kier molecular flexibility index (Phi) is 6.33. The summed E-state index contributed by atoms with van der Waals surface area (Å²) in [7, 11) is 0. The highest BCUT2D eigenvalue weighted by Crippen LogP contribution is 2.23. The van der Waals surface area contributed by atoms with Crippen LogP contribution in [0, 0.1) is 0 Å². The molecule has 0 fully saturated rings. The molecule has 0 spiro atoms. The molecule has 0 saturated heterocycles. The van der Waals surface area contributed by atoms with Gasteiger partial charge in [0.15, 0.2) is 5.70 Å². The van der Waals surface area contributed by atoms with E-state index >= 15 is 0 Å². The molecule has 3 aromatic rings. The molecule has 1 heterocycles. The van der Waals surface area contributed by atoms with Crippen LogP contribution in [0.4, 0.5) is 5.69 Å². The fourth-order valence-corrected chi connectivity index (χ4v) is 3.25. The van der Waals surface area contributed by atoms with Crippen molar-refractivity contribution in [1.29, 1.82) is 0 Å². The number of aliphatic imine (C=N–C) groups is 1. The topological polar surface area (TPSA) is 77.0 Å². The number of halogens is 1. The van der Waals surface area contributed by atoms with Crippen molar-refractivity contribution in [2.75, 3.05) is 5.32 Å². The van der Waals surface area contributed by atoms with E-state index < -0.39 is 5.97 Å². The molecule has 0 aromatic heterocycles. The van der Waals surface area contributed by atoms with Gasteiger partial charge in [0.1, 0.15) is 12.4 Å². The van der Waals surface area contributed by atoms with E-state index in [1.54, 1.807) is 30.3 Å². The first-order chi connectivity index (χ1) is 15.5. The zero-order valence-corrected chi connectivity index (χ0v) is 17.9. The van der Waals surface area contributed by atoms with Crippen molar-refractivity contribution in [2.24, 2.45) is 4.99 Å². The van der Waals surface area contributed by atoms with E-state index in [9.17, 15) is 9.59 Å². The summed E-state index contributed by atoms with van der Waals surface area (Å²) in [5, 5.41) is 3.33. The predicted octanol–water partition coefficient (Wildman–Crippen LogP) is 5.22. The largest absolute Gasteiger partial charge is 0.489 e. The molecule has 0 unspecified atom stereocenters. The minimum Gasteiger partial charge on any atom is -0.489 e. The lowest BCUT2D eigenvalue weighted by Gasteiger charge is -2.08. The van der Waals surface area contributed by atoms with Crippen LogP contribution in [0.25, 0.3) is 6.08 Å². The van der Waals surface area contributed by atoms with Crippen molar-refractivity contribution in [2.45, 2.75) is 13.5 Å². The minimum atomic E-state index is -0.534. The van der Waals surface area contributed by atoms with Crippen molar-refractivity contribution in [3.05, 3.63) is 100 Å². The van der Waals surface area contributed by atoms with Gasteiger partial charge < -0.3 is 14.8 Å². The number of rotatable bonds is 6. The highest BCUT2D eigenvalue weighted by molar-refractivity contribution is 6.31. The van der Waals surface area contributed by atoms with E-state index in [0.29, 0.717) is 28.6 Å². The third-order valence-corrected chi connectivity index (χ3v) is 4.96. The molecule has 1 N–H and O–H groups in total. The molecular formula is C25H19ClN2O4. The Morgan fingerprint density at radius 3 is 2.62 bits per heavy atom. The van der Waals surface area contributed by atoms with Crippen molar-refractivity contribution >= 4 is 41.1 Å². The summed E-state index contributed by atoms with van der Waals surface area (Å²) in [6.45, 7) is 1.77. The fourth-order valence-electron chi connectivity index (χ4n) is 3.06. The molecule has 1 aliphatic rings. The summed E-state index contributed by atoms with van der Waals surface area (Å²) in [5.74, 6) is 0.157. The number of benzene rings is 3. The SMILES string of the molecule is CC(=O)Nc1ccc(C2=N/C(=C/c3cccc(OCc4ccccc4Cl)c3)C(=O)O2)cc1. The molecule has 32 heavy (non-hydrogen) atoms. The van der Waals surface area contributed by atoms with Gasteiger partial charge in [0, 0.05) is 28.8 Å². The number of carbonyl (C=O) groups is 2. The van der Waals surface area contributed by atoms with E-state index in [0.717, 1.165) is 11.1 Å². The normalized spacial score (nSPS) is 14.1. The summed E-state index contributed by atoms with van der Waals surface area (Å²) in [6.07, 6.45) is 1.64. The standard InChI is InChI=1S/C25H19ClN2O4/c1-16(29)27-20-11-9-18(10-12-20)24-28-23(25(30)32-24)14-17-5-4-7-21(13-17)31-15-19-6-2-3-8-22(19)26/h2-14H,15H2,1H3,(H,27,29)/b23-14+. The lowest BCUT2D eigenvalue weighted by Crippen LogP contribution is -2.07. The van der Waals surface area contributed by atoms with Crippen LogP contribution in [-0.4, -0.2) is 17.8 Å². The Bertz CT molecular complexity index is 1230. The molecule has 3 aromatic carbocycles. The van der Waals surface area contributed by atoms with Gasteiger partial charge in [-0.1, -0.05) is 41.9 Å². The predicted molar refractivity (Wildman–Crippen MR) is 124 cm³/mol. The number of nitrogens with zero attached hydrogens (tertiary/aromatic N) is 1. The number of cyclic esters (lactones) is 1. The fraction of sp³-hybridized carbons (Fsp3) is 0.0800. The first-order valence-electron chi connectivity index (χ1n) is 9.85. The second-order valence-corrected chi connectivity index (χ2v) is 7.45. The van der Waals surface area contributed by atoms with Crippen LogP contribution in [0.5, 0.6) is 5.75 Å². The number of hydrogen-bond donors (Lipinski definition) is 1. The number of ether oxygens (including phenoxy) is 2. The lowest BCUT2D eigenvalue weighted by atomic mass is 10.2. The Labute approximate surface area is 190 Å². The number of esters is 1. The molecule has 0 radical (unpaired) electrons. The van der Waals surface area contributed by atoms with Gasteiger partial charge in [0.25, 0.3) is 0 Å². The summed E-state index contributed by atoms with van der Waals surface area (Å²) in [6, 6.07) is 21.7. The molecule has 7 heteroatoms. The highest BCUT2D eigenvalue weighted by atomic mass is 35.5. The zero-order chi connectivity index (χ0) is 22.5. The number of carbonyl (C=O) groups excluding carboxylic acids is 2. The molecule has 4 rings (SSSR count). The van der Waals surface area contributed by atoms with Crippen LogP contribution in [0.1, 0.15) is 23.6 Å². The quantitative estimate of drug-likeness (QED) is 0.416. The molecule has 160 valence electrons. The van der Waals surface area contributed by atoms with Gasteiger partial charge in [-0.2, -0.15) is 0 Å². The van der Waals surface area contributed by atoms with E-state index in [-0.39, 0.29) is 17.5 Å². The number of anilines is 1. The van der Waals surface area contributed by atoms with Crippen molar-refractivity contribution in [3.63, 3.8) is 0 Å². The molecule has 0 atom stereocenters. The molecule has 6 nitrogen and oxygen atoms in total. The maximum Gasteiger partial charge on any atom is 0.363 e. The molecule has 0 bridgehead atoms. The average Bonchev–Trinajstić information content (AvgIpc) is 3.14. The van der Waals surface area contributed by atoms with Crippen LogP contribution in [-0.2, 0) is 20.9 Å². The first-order valence-corrected chi connectivity index (χ1v) is 10.2. The van der Waals surface area contributed by atoms with E-state index in [4.69, 9.17) is 21.1 Å². The van der Waals surface area contributed by atoms with E-state index in [2.05, 4.69) is 10.3 Å². The van der Waals surface area contributed by atoms with Crippen molar-refractivity contribution < 1.29 is 19.1 Å². The maximum absolute atomic E-state index is 12.3. The van der Waals surface area contributed by atoms with Gasteiger partial charge >= 0.3 is 5.97 Å². The average molecular weight is 447 g/mol. The highest BCUT2D eigenvalue weighted by Gasteiger charge is 2.24. The third kappa shape index (κ3) is 5.22. The smallest absolute Gasteiger partial charge is 0.363 e. The van der Waals surface area contributed by atoms with Gasteiger partial charge in [-0.15, -0.1) is 0 Å². The molecule has 0 aliphatic carbocycles. The van der Waals surface area contributed by atoms with Gasteiger partial charge in [-0.05, 0) is 54.1 Å². The van der Waals surface area contributed by atoms with E-state index in [1.807, 2.05) is 48.5 Å². The summed E-state index contributed by atoms with van der Waals surface area (Å²) in [4.78, 5) is 27.8. The number of amides is 1. The molecule has 1 amide bonds. The monoisotopic (exact) mass is 446 g/mol. The maximum atomic E-state index is 12.3. The van der Waals surface area contributed by atoms with Gasteiger partial charge in [-0.25, -0.2) is 9.79 Å². The second kappa shape index (κ2) is 9.49. The molecule has 1 aliphatic heterocycles. The zero-order valence-electron chi connectivity index (χ0n) is 17.2. The Hall–Kier alpha value is -3.90. The van der Waals surface area contributed by atoms with Gasteiger partial charge in [0.05, 0.1) is 0 Å². The minimum absolute atomic E-state index is 0.161. The van der Waals surface area contributed by atoms with Crippen LogP contribution >= 0.6 is 11.6 Å². The Balaban J connectivity index is 1.49. The second-order valence-electron chi connectivity index (χ2n) is 7.05. The number of nitrogens with one attached hydrogen (secondary N) is 1. The first kappa shape index (κ1) is 21.3. The van der Waals surface area contributed by atoms with Crippen LogP contribution < -0.4 is 10.1 Å². The van der Waals surface area contributed by atoms with Crippen LogP contribution in [0.3, 0.4) is 0 Å². The van der Waals surface area contributed by atoms with Gasteiger partial charge in [-0.3, -0.25) is 4.79 Å². The Morgan fingerprint density at radius 2 is 1.88 bits per heavy atom. The third-order valence-electron chi connectivity index (χ3n) is 4.59. The van der Waals surface area contributed by atoms with Crippen LogP contribution in [0.2, 0.25) is 5.02 Å². The molecular weight excluding hydrogens is 428 g/mol. The van der Waals surface area contributed by atoms with Crippen molar-refractivity contribution in [1.82, 2.24) is 0 Å². The number of hydrogen-bond acceptors (Lipinski definition) is 5. The van der Waals surface area contributed by atoms with Crippen molar-refractivity contribution in [3.8, 4) is 5.75 Å². The van der Waals surface area contributed by atoms with Crippen LogP contribution in [0.15, 0.2) is 83.5 Å². The summed E-state index contributed by atoms with van der Waals surface area (Å²) >= 11 is 6.17.